The third-order valence-corrected chi connectivity index (χ3v) is 17.0. The van der Waals surface area contributed by atoms with E-state index in [1.165, 1.54) is 24.7 Å². The van der Waals surface area contributed by atoms with Crippen molar-refractivity contribution in [3.05, 3.63) is 36.4 Å². The molecule has 2 amide bonds. The van der Waals surface area contributed by atoms with Crippen LogP contribution in [0.3, 0.4) is 0 Å². The van der Waals surface area contributed by atoms with Crippen LogP contribution in [-0.4, -0.2) is 140 Å². The number of benzene rings is 2. The molecule has 2 aromatic carbocycles. The number of rotatable bonds is 17. The van der Waals surface area contributed by atoms with Crippen LogP contribution in [0.4, 0.5) is 21.0 Å². The van der Waals surface area contributed by atoms with Gasteiger partial charge in [0, 0.05) is 73.7 Å². The largest absolute Gasteiger partial charge is 0.443 e. The molecule has 2 aliphatic heterocycles. The molecule has 2 atom stereocenters. The number of piperidine rings is 2. The van der Waals surface area contributed by atoms with Crippen molar-refractivity contribution in [2.24, 2.45) is 0 Å². The first kappa shape index (κ1) is 53.6. The van der Waals surface area contributed by atoms with Crippen molar-refractivity contribution in [3.8, 4) is 22.8 Å². The van der Waals surface area contributed by atoms with Gasteiger partial charge in [0.25, 0.3) is 0 Å². The van der Waals surface area contributed by atoms with Crippen LogP contribution >= 0.6 is 22.6 Å². The Bertz CT molecular complexity index is 2750. The van der Waals surface area contributed by atoms with Crippen LogP contribution in [0.2, 0.25) is 0 Å². The fraction of sp³-hybridized carbons (Fsp3) is 0.660. The zero-order valence-electron chi connectivity index (χ0n) is 41.8. The average molecular weight is 1150 g/mol. The van der Waals surface area contributed by atoms with Crippen LogP contribution in [0.1, 0.15) is 136 Å². The summed E-state index contributed by atoms with van der Waals surface area (Å²) >= 11 is 2.08. The molecule has 0 bridgehead atoms. The summed E-state index contributed by atoms with van der Waals surface area (Å²) in [6.45, 7) is 8.67. The standard InChI is InChI=1S/C47H69IN14O8S2/c1-46(2,69-44(63)59-26-12-18-34(30-59)61-43(54-56-58-61)39-29-36(71(65,66)49-5)20-23-41(39)52-33-16-10-7-11-17-33)24-25-50-72(67,68)37-21-22-40(51-32-14-8-6-9-15-32)38(28-37)42-53-57-62(55-42)35-19-13-27-60(31-35)45(64)70-47(3,4)48/h20-23,28-29,32-35,49-52H,6-19,24-27,30-31H2,1-5H3. The predicted molar refractivity (Wildman–Crippen MR) is 278 cm³/mol. The summed E-state index contributed by atoms with van der Waals surface area (Å²) < 4.78 is 71.6. The molecular formula is C47H69IN14O8S2. The van der Waals surface area contributed by atoms with E-state index >= 15 is 0 Å². The molecule has 0 radical (unpaired) electrons. The van der Waals surface area contributed by atoms with Gasteiger partial charge in [-0.2, -0.15) is 4.80 Å². The molecule has 2 aliphatic carbocycles. The van der Waals surface area contributed by atoms with Crippen molar-refractivity contribution >= 4 is 66.2 Å². The van der Waals surface area contributed by atoms with E-state index in [-0.39, 0.29) is 59.3 Å². The number of tetrazole rings is 2. The van der Waals surface area contributed by atoms with Crippen LogP contribution < -0.4 is 20.1 Å². The molecule has 4 aliphatic rings. The molecule has 72 heavy (non-hydrogen) atoms. The van der Waals surface area contributed by atoms with Gasteiger partial charge < -0.3 is 29.9 Å². The van der Waals surface area contributed by atoms with Crippen LogP contribution in [0.25, 0.3) is 22.8 Å². The summed E-state index contributed by atoms with van der Waals surface area (Å²) in [5, 5.41) is 33.5. The van der Waals surface area contributed by atoms with Gasteiger partial charge in [-0.25, -0.2) is 40.6 Å². The Labute approximate surface area is 436 Å². The minimum absolute atomic E-state index is 0.0134. The summed E-state index contributed by atoms with van der Waals surface area (Å²) in [4.78, 5) is 31.6. The molecule has 4 fully saturated rings. The number of carbonyl (C=O) groups excluding carboxylic acids is 2. The molecule has 22 nitrogen and oxygen atoms in total. The number of amides is 2. The second kappa shape index (κ2) is 22.8. The van der Waals surface area contributed by atoms with E-state index < -0.39 is 41.4 Å². The summed E-state index contributed by atoms with van der Waals surface area (Å²) in [5.41, 5.74) is 1.40. The highest BCUT2D eigenvalue weighted by Gasteiger charge is 2.35. The lowest BCUT2D eigenvalue weighted by atomic mass is 9.95. The number of sulfonamides is 2. The first-order chi connectivity index (χ1) is 34.3. The van der Waals surface area contributed by atoms with Gasteiger partial charge >= 0.3 is 12.2 Å². The maximum Gasteiger partial charge on any atom is 0.411 e. The second-order valence-corrected chi connectivity index (χ2v) is 26.7. The third kappa shape index (κ3) is 13.5. The first-order valence-corrected chi connectivity index (χ1v) is 29.3. The molecule has 2 unspecified atom stereocenters. The Kier molecular flexibility index (Phi) is 17.0. The highest BCUT2D eigenvalue weighted by molar-refractivity contribution is 14.1. The van der Waals surface area contributed by atoms with E-state index in [0.29, 0.717) is 55.1 Å². The number of alkyl halides is 1. The quantitative estimate of drug-likeness (QED) is 0.0599. The molecule has 2 aromatic heterocycles. The fourth-order valence-corrected chi connectivity index (χ4v) is 12.0. The van der Waals surface area contributed by atoms with Gasteiger partial charge in [0.15, 0.2) is 9.43 Å². The lowest BCUT2D eigenvalue weighted by Crippen LogP contribution is -2.45. The van der Waals surface area contributed by atoms with Gasteiger partial charge in [-0.05, 0) is 161 Å². The average Bonchev–Trinajstić information content (AvgIpc) is 4.06. The molecule has 394 valence electrons. The smallest absolute Gasteiger partial charge is 0.411 e. The van der Waals surface area contributed by atoms with Crippen molar-refractivity contribution in [2.45, 2.75) is 167 Å². The highest BCUT2D eigenvalue weighted by atomic mass is 127. The van der Waals surface area contributed by atoms with Crippen molar-refractivity contribution < 1.29 is 35.9 Å². The monoisotopic (exact) mass is 1150 g/mol. The number of halogens is 1. The highest BCUT2D eigenvalue weighted by Crippen LogP contribution is 2.36. The normalized spacial score (nSPS) is 20.0. The molecule has 8 rings (SSSR count). The number of hydrogen-bond acceptors (Lipinski definition) is 16. The summed E-state index contributed by atoms with van der Waals surface area (Å²) in [6, 6.07) is 9.63. The van der Waals surface area contributed by atoms with Crippen molar-refractivity contribution in [1.82, 2.24) is 59.7 Å². The summed E-state index contributed by atoms with van der Waals surface area (Å²) in [7, 11) is -6.49. The van der Waals surface area contributed by atoms with Gasteiger partial charge in [-0.1, -0.05) is 38.5 Å². The Morgan fingerprint density at radius 2 is 1.25 bits per heavy atom. The molecule has 2 saturated heterocycles. The van der Waals surface area contributed by atoms with E-state index in [9.17, 15) is 26.4 Å². The fourth-order valence-electron chi connectivity index (χ4n) is 9.98. The zero-order chi connectivity index (χ0) is 51.3. The SMILES string of the molecule is CNS(=O)(=O)c1ccc(NC2CCCCC2)c(-c2nnnn2C2CCCN(C(=O)OC(C)(C)CCNS(=O)(=O)c3ccc(NC4CCCCC4)c(-c4nnn(C5CCCN(C(=O)OC(C)(C)I)C5)n4)c3)C2)c1. The van der Waals surface area contributed by atoms with Crippen LogP contribution in [-0.2, 0) is 29.5 Å². The number of aromatic nitrogens is 8. The van der Waals surface area contributed by atoms with Gasteiger partial charge in [0.1, 0.15) is 5.60 Å². The number of nitrogens with zero attached hydrogens (tertiary/aromatic N) is 10. The molecule has 0 spiro atoms. The molecule has 2 saturated carbocycles. The number of nitrogens with one attached hydrogen (secondary N) is 4. The van der Waals surface area contributed by atoms with Gasteiger partial charge in [-0.3, -0.25) is 0 Å². The van der Waals surface area contributed by atoms with Crippen LogP contribution in [0.5, 0.6) is 0 Å². The van der Waals surface area contributed by atoms with Gasteiger partial charge in [0.2, 0.25) is 25.9 Å². The van der Waals surface area contributed by atoms with Gasteiger partial charge in [0.05, 0.1) is 21.9 Å². The maximum absolute atomic E-state index is 14.0. The number of carbonyl (C=O) groups is 2. The van der Waals surface area contributed by atoms with Crippen molar-refractivity contribution in [1.29, 1.82) is 0 Å². The second-order valence-electron chi connectivity index (χ2n) is 20.5. The maximum atomic E-state index is 14.0. The predicted octanol–water partition coefficient (Wildman–Crippen LogP) is 7.26. The van der Waals surface area contributed by atoms with Crippen molar-refractivity contribution in [3.63, 3.8) is 0 Å². The Hall–Kier alpha value is -4.73. The molecule has 4 aromatic rings. The van der Waals surface area contributed by atoms with E-state index in [1.54, 1.807) is 64.7 Å². The van der Waals surface area contributed by atoms with Gasteiger partial charge in [-0.15, -0.1) is 15.3 Å². The Morgan fingerprint density at radius 1 is 0.694 bits per heavy atom. The first-order valence-electron chi connectivity index (χ1n) is 25.2. The van der Waals surface area contributed by atoms with E-state index in [4.69, 9.17) is 14.6 Å². The van der Waals surface area contributed by atoms with E-state index in [1.807, 2.05) is 13.8 Å². The minimum Gasteiger partial charge on any atom is -0.443 e. The topological polar surface area (TPSA) is 263 Å². The Balaban J connectivity index is 0.921. The van der Waals surface area contributed by atoms with E-state index in [2.05, 4.69) is 68.5 Å². The van der Waals surface area contributed by atoms with Crippen LogP contribution in [0.15, 0.2) is 46.2 Å². The molecule has 4 N–H and O–H groups in total. The number of anilines is 2. The Morgan fingerprint density at radius 3 is 1.86 bits per heavy atom. The lowest BCUT2D eigenvalue weighted by Gasteiger charge is -2.35. The van der Waals surface area contributed by atoms with Crippen molar-refractivity contribution in [2.75, 3.05) is 50.4 Å². The number of likely N-dealkylation sites (tertiary alicyclic amines) is 2. The summed E-state index contributed by atoms with van der Waals surface area (Å²) in [5.74, 6) is 0.639. The molecule has 4 heterocycles. The minimum atomic E-state index is -4.07. The lowest BCUT2D eigenvalue weighted by molar-refractivity contribution is 0.00264. The number of ether oxygens (including phenoxy) is 2. The third-order valence-electron chi connectivity index (χ3n) is 13.9. The zero-order valence-corrected chi connectivity index (χ0v) is 45.6. The van der Waals surface area contributed by atoms with Crippen LogP contribution in [0, 0.1) is 0 Å². The molecule has 25 heteroatoms. The number of hydrogen-bond donors (Lipinski definition) is 4. The summed E-state index contributed by atoms with van der Waals surface area (Å²) in [6.07, 6.45) is 12.7. The van der Waals surface area contributed by atoms with E-state index in [0.717, 1.165) is 69.9 Å². The molecular weight excluding hydrogens is 1080 g/mol.